The van der Waals surface area contributed by atoms with Gasteiger partial charge in [0.2, 0.25) is 0 Å². The predicted molar refractivity (Wildman–Crippen MR) is 82.2 cm³/mol. The Labute approximate surface area is 129 Å². The van der Waals surface area contributed by atoms with E-state index >= 15 is 0 Å². The zero-order chi connectivity index (χ0) is 16.7. The first-order valence-corrected chi connectivity index (χ1v) is 7.01. The second-order valence-electron chi connectivity index (χ2n) is 6.79. The molecule has 0 aliphatic carbocycles. The van der Waals surface area contributed by atoms with Gasteiger partial charge in [0.25, 0.3) is 0 Å². The van der Waals surface area contributed by atoms with Crippen molar-refractivity contribution in [2.45, 2.75) is 45.6 Å². The molecule has 2 aromatic rings. The van der Waals surface area contributed by atoms with Crippen LogP contribution in [0, 0.1) is 17.1 Å². The van der Waals surface area contributed by atoms with Crippen LogP contribution in [0.3, 0.4) is 0 Å². The van der Waals surface area contributed by atoms with Crippen LogP contribution in [0.2, 0.25) is 0 Å². The molecule has 0 saturated carbocycles. The highest BCUT2D eigenvalue weighted by Crippen LogP contribution is 2.32. The van der Waals surface area contributed by atoms with Gasteiger partial charge in [-0.2, -0.15) is 5.26 Å². The van der Waals surface area contributed by atoms with E-state index in [2.05, 4.69) is 6.07 Å². The maximum Gasteiger partial charge on any atom is 0.419 e. The summed E-state index contributed by atoms with van der Waals surface area (Å²) in [5.41, 5.74) is -0.373. The van der Waals surface area contributed by atoms with Crippen LogP contribution in [-0.2, 0) is 10.2 Å². The molecule has 0 atom stereocenters. The van der Waals surface area contributed by atoms with Crippen LogP contribution < -0.4 is 0 Å². The van der Waals surface area contributed by atoms with E-state index in [-0.39, 0.29) is 0 Å². The van der Waals surface area contributed by atoms with Crippen LogP contribution >= 0.6 is 0 Å². The highest BCUT2D eigenvalue weighted by atomic mass is 19.1. The molecule has 0 amide bonds. The number of benzene rings is 1. The Hall–Kier alpha value is -2.35. The van der Waals surface area contributed by atoms with Crippen LogP contribution in [0.1, 0.15) is 40.2 Å². The highest BCUT2D eigenvalue weighted by molar-refractivity contribution is 5.93. The lowest BCUT2D eigenvalue weighted by Crippen LogP contribution is -2.26. The molecule has 0 fully saturated rings. The molecule has 0 radical (unpaired) electrons. The molecule has 0 spiro atoms. The van der Waals surface area contributed by atoms with E-state index in [1.165, 1.54) is 22.8 Å². The number of carbonyl (C=O) groups is 1. The van der Waals surface area contributed by atoms with Gasteiger partial charge in [0.15, 0.2) is 0 Å². The Bertz CT molecular complexity index is 776. The van der Waals surface area contributed by atoms with Crippen LogP contribution in [-0.4, -0.2) is 16.3 Å². The molecule has 0 N–H and O–H groups in total. The predicted octanol–water partition coefficient (Wildman–Crippen LogP) is 4.36. The number of carbonyl (C=O) groups excluding carboxylic acids is 1. The summed E-state index contributed by atoms with van der Waals surface area (Å²) >= 11 is 0. The lowest BCUT2D eigenvalue weighted by molar-refractivity contribution is 0.0544. The zero-order valence-corrected chi connectivity index (χ0v) is 13.4. The Balaban J connectivity index is 2.67. The van der Waals surface area contributed by atoms with Gasteiger partial charge in [-0.1, -0.05) is 0 Å². The number of rotatable bonds is 1. The molecule has 1 heterocycles. The van der Waals surface area contributed by atoms with Crippen molar-refractivity contribution in [3.05, 3.63) is 35.8 Å². The van der Waals surface area contributed by atoms with Crippen molar-refractivity contribution in [2.75, 3.05) is 0 Å². The molecule has 116 valence electrons. The van der Waals surface area contributed by atoms with Crippen LogP contribution in [0.15, 0.2) is 24.4 Å². The quantitative estimate of drug-likeness (QED) is 0.786. The topological polar surface area (TPSA) is 55.0 Å². The number of hydrogen-bond acceptors (Lipinski definition) is 3. The van der Waals surface area contributed by atoms with E-state index in [0.29, 0.717) is 16.5 Å². The van der Waals surface area contributed by atoms with E-state index < -0.39 is 22.9 Å². The van der Waals surface area contributed by atoms with Gasteiger partial charge in [-0.25, -0.2) is 9.18 Å². The molecule has 2 rings (SSSR count). The first kappa shape index (κ1) is 16.0. The van der Waals surface area contributed by atoms with Crippen molar-refractivity contribution in [1.82, 2.24) is 4.57 Å². The molecule has 4 nitrogen and oxygen atoms in total. The third-order valence-electron chi connectivity index (χ3n) is 3.31. The van der Waals surface area contributed by atoms with Crippen molar-refractivity contribution in [2.24, 2.45) is 0 Å². The summed E-state index contributed by atoms with van der Waals surface area (Å²) in [6.07, 6.45) is 1.01. The Morgan fingerprint density at radius 2 is 1.91 bits per heavy atom. The fourth-order valence-corrected chi connectivity index (χ4v) is 2.22. The first-order chi connectivity index (χ1) is 10.0. The number of aromatic nitrogens is 1. The van der Waals surface area contributed by atoms with Crippen LogP contribution in [0.25, 0.3) is 10.9 Å². The van der Waals surface area contributed by atoms with Crippen molar-refractivity contribution in [1.29, 1.82) is 5.26 Å². The molecule has 5 heteroatoms. The largest absolute Gasteiger partial charge is 0.443 e. The number of nitrogens with zero attached hydrogens (tertiary/aromatic N) is 2. The average Bonchev–Trinajstić information content (AvgIpc) is 2.76. The normalized spacial score (nSPS) is 12.2. The third kappa shape index (κ3) is 2.96. The maximum absolute atomic E-state index is 13.6. The minimum Gasteiger partial charge on any atom is -0.443 e. The van der Waals surface area contributed by atoms with Crippen molar-refractivity contribution < 1.29 is 13.9 Å². The summed E-state index contributed by atoms with van der Waals surface area (Å²) in [5, 5.41) is 9.88. The Kier molecular flexibility index (Phi) is 3.74. The SMILES string of the molecule is CC(C)(C)OC(=O)n1cc(C(C)(C)C#N)c2cc(F)ccc21. The minimum absolute atomic E-state index is 0.413. The third-order valence-corrected chi connectivity index (χ3v) is 3.31. The summed E-state index contributed by atoms with van der Waals surface area (Å²) in [6.45, 7) is 8.78. The molecule has 0 saturated heterocycles. The van der Waals surface area contributed by atoms with Gasteiger partial charge in [-0.3, -0.25) is 4.57 Å². The number of hydrogen-bond donors (Lipinski definition) is 0. The molecular formula is C17H19FN2O2. The van der Waals surface area contributed by atoms with E-state index in [1.807, 2.05) is 0 Å². The summed E-state index contributed by atoms with van der Waals surface area (Å²) in [5.74, 6) is -0.413. The van der Waals surface area contributed by atoms with E-state index in [0.717, 1.165) is 0 Å². The fraction of sp³-hybridized carbons (Fsp3) is 0.412. The Morgan fingerprint density at radius 3 is 2.45 bits per heavy atom. The van der Waals surface area contributed by atoms with Gasteiger partial charge < -0.3 is 4.74 Å². The molecule has 22 heavy (non-hydrogen) atoms. The monoisotopic (exact) mass is 302 g/mol. The highest BCUT2D eigenvalue weighted by Gasteiger charge is 2.28. The molecule has 0 bridgehead atoms. The number of nitriles is 1. The van der Waals surface area contributed by atoms with E-state index in [9.17, 15) is 14.4 Å². The lowest BCUT2D eigenvalue weighted by atomic mass is 9.86. The maximum atomic E-state index is 13.6. The van der Waals surface area contributed by atoms with Crippen molar-refractivity contribution in [3.63, 3.8) is 0 Å². The fourth-order valence-electron chi connectivity index (χ4n) is 2.22. The number of fused-ring (bicyclic) bond motifs is 1. The second-order valence-corrected chi connectivity index (χ2v) is 6.79. The van der Waals surface area contributed by atoms with Gasteiger partial charge in [-0.05, 0) is 58.4 Å². The summed E-state index contributed by atoms with van der Waals surface area (Å²) in [4.78, 5) is 12.4. The Morgan fingerprint density at radius 1 is 1.27 bits per heavy atom. The molecule has 1 aromatic heterocycles. The van der Waals surface area contributed by atoms with Gasteiger partial charge in [0.1, 0.15) is 11.4 Å². The summed E-state index contributed by atoms with van der Waals surface area (Å²) in [6, 6.07) is 6.32. The molecule has 1 aromatic carbocycles. The second kappa shape index (κ2) is 5.13. The van der Waals surface area contributed by atoms with E-state index in [4.69, 9.17) is 4.74 Å². The standard InChI is InChI=1S/C17H19FN2O2/c1-16(2,3)22-15(21)20-9-13(17(4,5)10-19)12-8-11(18)6-7-14(12)20/h6-9H,1-5H3. The lowest BCUT2D eigenvalue weighted by Gasteiger charge is -2.19. The molecule has 0 aliphatic heterocycles. The van der Waals surface area contributed by atoms with Crippen molar-refractivity contribution >= 4 is 17.0 Å². The number of halogens is 1. The minimum atomic E-state index is -0.848. The van der Waals surface area contributed by atoms with Crippen LogP contribution in [0.5, 0.6) is 0 Å². The van der Waals surface area contributed by atoms with Gasteiger partial charge in [-0.15, -0.1) is 0 Å². The summed E-state index contributed by atoms with van der Waals surface area (Å²) in [7, 11) is 0. The smallest absolute Gasteiger partial charge is 0.419 e. The van der Waals surface area contributed by atoms with Gasteiger partial charge >= 0.3 is 6.09 Å². The zero-order valence-electron chi connectivity index (χ0n) is 13.4. The molecular weight excluding hydrogens is 283 g/mol. The van der Waals surface area contributed by atoms with Crippen LogP contribution in [0.4, 0.5) is 9.18 Å². The molecule has 0 unspecified atom stereocenters. The van der Waals surface area contributed by atoms with Gasteiger partial charge in [0.05, 0.1) is 17.0 Å². The summed E-state index contributed by atoms with van der Waals surface area (Å²) < 4.78 is 20.3. The number of ether oxygens (including phenoxy) is 1. The van der Waals surface area contributed by atoms with E-state index in [1.54, 1.807) is 40.8 Å². The first-order valence-electron chi connectivity index (χ1n) is 7.01. The molecule has 0 aliphatic rings. The van der Waals surface area contributed by atoms with Gasteiger partial charge in [0, 0.05) is 11.6 Å². The van der Waals surface area contributed by atoms with Crippen molar-refractivity contribution in [3.8, 4) is 6.07 Å². The average molecular weight is 302 g/mol.